The molecule has 0 N–H and O–H groups in total. The average Bonchev–Trinajstić information content (AvgIpc) is 2.85. The van der Waals surface area contributed by atoms with E-state index in [1.54, 1.807) is 30.3 Å². The van der Waals surface area contributed by atoms with Crippen LogP contribution in [0.2, 0.25) is 4.13 Å². The molecule has 1 unspecified atom stereocenters. The Bertz CT molecular complexity index is 611. The number of allylic oxidation sites excluding steroid dienone is 1. The summed E-state index contributed by atoms with van der Waals surface area (Å²) in [5, 5.41) is 0. The predicted octanol–water partition coefficient (Wildman–Crippen LogP) is 5.21. The van der Waals surface area contributed by atoms with Crippen LogP contribution in [0.25, 0.3) is 17.2 Å². The van der Waals surface area contributed by atoms with Gasteiger partial charge in [-0.3, -0.25) is 0 Å². The number of hydrogen-bond donors (Lipinski definition) is 0. The third kappa shape index (κ3) is 2.30. The van der Waals surface area contributed by atoms with Gasteiger partial charge in [0.1, 0.15) is 0 Å². The van der Waals surface area contributed by atoms with E-state index in [-0.39, 0.29) is 0 Å². The summed E-state index contributed by atoms with van der Waals surface area (Å²) in [6, 6.07) is 17.5. The molecule has 0 nitrogen and oxygen atoms in total. The molecule has 0 saturated heterocycles. The van der Waals surface area contributed by atoms with Crippen molar-refractivity contribution in [3.8, 4) is 11.1 Å². The molecule has 0 aliphatic heterocycles. The number of hydrogen-bond acceptors (Lipinski definition) is 0. The fourth-order valence-corrected chi connectivity index (χ4v) is 4.18. The zero-order chi connectivity index (χ0) is 13.2. The summed E-state index contributed by atoms with van der Waals surface area (Å²) >= 11 is 1.63. The van der Waals surface area contributed by atoms with Crippen LogP contribution in [0.3, 0.4) is 0 Å². The van der Waals surface area contributed by atoms with Crippen LogP contribution >= 0.6 is 0 Å². The summed E-state index contributed by atoms with van der Waals surface area (Å²) in [5.74, 6) is 0.668. The summed E-state index contributed by atoms with van der Waals surface area (Å²) in [4.78, 5) is 0. The van der Waals surface area contributed by atoms with E-state index in [4.69, 9.17) is 0 Å². The van der Waals surface area contributed by atoms with E-state index in [1.165, 1.54) is 32.8 Å². The Balaban J connectivity index is 2.16. The first-order valence-electron chi connectivity index (χ1n) is 6.88. The number of rotatable bonds is 3. The SMILES string of the molecule is CCC1=Cc2c(-c3ccccc3)cccc2C1[CH2][Zr]. The fraction of sp³-hybridized carbons (Fsp3) is 0.222. The first kappa shape index (κ1) is 13.1. The van der Waals surface area contributed by atoms with Gasteiger partial charge < -0.3 is 0 Å². The van der Waals surface area contributed by atoms with Crippen LogP contribution in [0.5, 0.6) is 0 Å². The van der Waals surface area contributed by atoms with E-state index in [0.717, 1.165) is 0 Å². The molecule has 1 aliphatic rings. The fourth-order valence-electron chi connectivity index (χ4n) is 2.99. The van der Waals surface area contributed by atoms with Crippen LogP contribution in [0.4, 0.5) is 0 Å². The molecule has 0 bridgehead atoms. The molecule has 0 saturated carbocycles. The van der Waals surface area contributed by atoms with Crippen molar-refractivity contribution in [1.82, 2.24) is 0 Å². The normalized spacial score (nSPS) is 17.1. The second-order valence-electron chi connectivity index (χ2n) is 5.00. The summed E-state index contributed by atoms with van der Waals surface area (Å²) in [6.45, 7) is 2.28. The van der Waals surface area contributed by atoms with E-state index >= 15 is 0 Å². The van der Waals surface area contributed by atoms with Crippen LogP contribution in [-0.2, 0) is 24.7 Å². The maximum absolute atomic E-state index is 2.44. The van der Waals surface area contributed by atoms with Gasteiger partial charge in [-0.15, -0.1) is 0 Å². The Kier molecular flexibility index (Phi) is 3.84. The molecule has 0 radical (unpaired) electrons. The minimum atomic E-state index is 0.668. The molecular weight excluding hydrogens is 307 g/mol. The van der Waals surface area contributed by atoms with Crippen LogP contribution in [-0.4, -0.2) is 0 Å². The van der Waals surface area contributed by atoms with E-state index in [0.29, 0.717) is 5.92 Å². The molecule has 1 heteroatoms. The first-order valence-corrected chi connectivity index (χ1v) is 8.62. The van der Waals surface area contributed by atoms with E-state index < -0.39 is 0 Å². The Labute approximate surface area is 130 Å². The second kappa shape index (κ2) is 5.59. The summed E-state index contributed by atoms with van der Waals surface area (Å²) in [7, 11) is 0. The van der Waals surface area contributed by atoms with Gasteiger partial charge in [-0.2, -0.15) is 0 Å². The molecule has 0 fully saturated rings. The molecule has 0 aromatic heterocycles. The topological polar surface area (TPSA) is 0 Å². The molecule has 2 aromatic rings. The van der Waals surface area contributed by atoms with Gasteiger partial charge >= 0.3 is 131 Å². The van der Waals surface area contributed by atoms with Crippen LogP contribution in [0, 0.1) is 0 Å². The van der Waals surface area contributed by atoms with Crippen molar-refractivity contribution in [2.75, 3.05) is 0 Å². The predicted molar refractivity (Wildman–Crippen MR) is 77.7 cm³/mol. The van der Waals surface area contributed by atoms with Crippen molar-refractivity contribution in [2.45, 2.75) is 23.4 Å². The van der Waals surface area contributed by atoms with Crippen molar-refractivity contribution in [2.24, 2.45) is 0 Å². The molecule has 3 rings (SSSR count). The van der Waals surface area contributed by atoms with Crippen LogP contribution in [0.15, 0.2) is 54.1 Å². The van der Waals surface area contributed by atoms with Gasteiger partial charge in [0.2, 0.25) is 0 Å². The van der Waals surface area contributed by atoms with Gasteiger partial charge in [0.05, 0.1) is 0 Å². The molecule has 1 atom stereocenters. The molecule has 1 aliphatic carbocycles. The monoisotopic (exact) mass is 323 g/mol. The van der Waals surface area contributed by atoms with Gasteiger partial charge in [0.15, 0.2) is 0 Å². The summed E-state index contributed by atoms with van der Waals surface area (Å²) in [6.07, 6.45) is 3.61. The van der Waals surface area contributed by atoms with Crippen molar-refractivity contribution in [1.29, 1.82) is 0 Å². The third-order valence-electron chi connectivity index (χ3n) is 3.99. The summed E-state index contributed by atoms with van der Waals surface area (Å²) < 4.78 is 1.29. The van der Waals surface area contributed by atoms with E-state index in [1.807, 2.05) is 0 Å². The van der Waals surface area contributed by atoms with Crippen LogP contribution < -0.4 is 0 Å². The summed E-state index contributed by atoms with van der Waals surface area (Å²) in [5.41, 5.74) is 7.31. The second-order valence-corrected chi connectivity index (χ2v) is 6.01. The molecule has 0 heterocycles. The number of benzene rings is 2. The Morgan fingerprint density at radius 1 is 1.00 bits per heavy atom. The quantitative estimate of drug-likeness (QED) is 0.727. The van der Waals surface area contributed by atoms with Crippen molar-refractivity contribution >= 4 is 6.08 Å². The molecular formula is C18H17Zr. The van der Waals surface area contributed by atoms with E-state index in [9.17, 15) is 0 Å². The Hall–Kier alpha value is -0.937. The zero-order valence-corrected chi connectivity index (χ0v) is 13.6. The molecule has 93 valence electrons. The zero-order valence-electron chi connectivity index (χ0n) is 11.2. The maximum atomic E-state index is 2.44. The minimum absolute atomic E-state index is 0.668. The Morgan fingerprint density at radius 3 is 2.47 bits per heavy atom. The number of fused-ring (bicyclic) bond motifs is 1. The van der Waals surface area contributed by atoms with Crippen molar-refractivity contribution in [3.05, 3.63) is 65.2 Å². The van der Waals surface area contributed by atoms with E-state index in [2.05, 4.69) is 61.5 Å². The van der Waals surface area contributed by atoms with Gasteiger partial charge in [0.25, 0.3) is 0 Å². The van der Waals surface area contributed by atoms with Gasteiger partial charge in [-0.1, -0.05) is 0 Å². The molecule has 19 heavy (non-hydrogen) atoms. The standard InChI is InChI=1S/C18H17.Zr/c1-3-14-12-18-16(13(14)2)10-7-11-17(18)15-8-5-4-6-9-15;/h4-13H,2-3H2,1H3;. The van der Waals surface area contributed by atoms with Gasteiger partial charge in [-0.25, -0.2) is 0 Å². The van der Waals surface area contributed by atoms with Crippen molar-refractivity contribution < 1.29 is 24.7 Å². The molecule has 0 spiro atoms. The third-order valence-corrected chi connectivity index (χ3v) is 4.99. The average molecular weight is 325 g/mol. The van der Waals surface area contributed by atoms with Crippen LogP contribution in [0.1, 0.15) is 30.4 Å². The van der Waals surface area contributed by atoms with Gasteiger partial charge in [-0.05, 0) is 0 Å². The first-order chi connectivity index (χ1) is 9.35. The molecule has 0 amide bonds. The Morgan fingerprint density at radius 2 is 1.79 bits per heavy atom. The van der Waals surface area contributed by atoms with Gasteiger partial charge in [0, 0.05) is 0 Å². The van der Waals surface area contributed by atoms with Crippen molar-refractivity contribution in [3.63, 3.8) is 0 Å². The molecule has 2 aromatic carbocycles.